The normalized spacial score (nSPS) is 16.6. The number of piperidine rings is 1. The molecule has 1 aliphatic rings. The van der Waals surface area contributed by atoms with Gasteiger partial charge >= 0.3 is 6.18 Å². The number of hydrogen-bond acceptors (Lipinski definition) is 5. The van der Waals surface area contributed by atoms with Crippen molar-refractivity contribution in [3.63, 3.8) is 0 Å². The highest BCUT2D eigenvalue weighted by Gasteiger charge is 2.35. The molecule has 1 fully saturated rings. The monoisotopic (exact) mass is 438 g/mol. The van der Waals surface area contributed by atoms with Crippen molar-refractivity contribution in [2.75, 3.05) is 18.0 Å². The van der Waals surface area contributed by atoms with Crippen LogP contribution in [0.3, 0.4) is 0 Å². The SMILES string of the molecule is CC1(NC(=O)c2ccnc(C(F)(F)F)c2)CCN(c2nc3cc(Cl)ccc3o2)CC1. The number of fused-ring (bicyclic) bond motifs is 1. The van der Waals surface area contributed by atoms with E-state index in [4.69, 9.17) is 16.0 Å². The predicted molar refractivity (Wildman–Crippen MR) is 106 cm³/mol. The number of hydrogen-bond donors (Lipinski definition) is 1. The van der Waals surface area contributed by atoms with Gasteiger partial charge < -0.3 is 14.6 Å². The molecule has 1 saturated heterocycles. The molecular formula is C20H18ClF3N4O2. The second-order valence-electron chi connectivity index (χ2n) is 7.54. The maximum atomic E-state index is 12.8. The molecule has 1 aromatic carbocycles. The van der Waals surface area contributed by atoms with Gasteiger partial charge in [0, 0.05) is 35.4 Å². The van der Waals surface area contributed by atoms with Gasteiger partial charge in [-0.2, -0.15) is 18.2 Å². The molecule has 0 radical (unpaired) electrons. The Morgan fingerprint density at radius 1 is 1.23 bits per heavy atom. The van der Waals surface area contributed by atoms with E-state index < -0.39 is 23.3 Å². The summed E-state index contributed by atoms with van der Waals surface area (Å²) >= 11 is 5.98. The lowest BCUT2D eigenvalue weighted by molar-refractivity contribution is -0.141. The van der Waals surface area contributed by atoms with Crippen molar-refractivity contribution in [1.29, 1.82) is 0 Å². The average Bonchev–Trinajstić information content (AvgIpc) is 3.10. The fourth-order valence-electron chi connectivity index (χ4n) is 3.41. The molecule has 1 amide bonds. The van der Waals surface area contributed by atoms with Gasteiger partial charge in [-0.3, -0.25) is 9.78 Å². The summed E-state index contributed by atoms with van der Waals surface area (Å²) in [5, 5.41) is 3.44. The number of nitrogens with one attached hydrogen (secondary N) is 1. The van der Waals surface area contributed by atoms with Gasteiger partial charge in [-0.25, -0.2) is 0 Å². The van der Waals surface area contributed by atoms with Crippen LogP contribution in [0.2, 0.25) is 5.02 Å². The standard InChI is InChI=1S/C20H18ClF3N4O2/c1-19(27-17(29)12-4-7-25-16(10-12)20(22,23)24)5-8-28(9-6-19)18-26-14-11-13(21)2-3-15(14)30-18/h2-4,7,10-11H,5-6,8-9H2,1H3,(H,27,29). The quantitative estimate of drug-likeness (QED) is 0.642. The number of pyridine rings is 1. The molecule has 1 aliphatic heterocycles. The second-order valence-corrected chi connectivity index (χ2v) is 7.97. The molecule has 158 valence electrons. The summed E-state index contributed by atoms with van der Waals surface area (Å²) in [5.41, 5.74) is -0.431. The van der Waals surface area contributed by atoms with Crippen LogP contribution in [0, 0.1) is 0 Å². The van der Waals surface area contributed by atoms with Gasteiger partial charge in [-0.1, -0.05) is 11.6 Å². The molecule has 30 heavy (non-hydrogen) atoms. The highest BCUT2D eigenvalue weighted by Crippen LogP contribution is 2.30. The van der Waals surface area contributed by atoms with Crippen LogP contribution >= 0.6 is 11.6 Å². The summed E-state index contributed by atoms with van der Waals surface area (Å²) in [6, 6.07) is 7.72. The Morgan fingerprint density at radius 3 is 2.67 bits per heavy atom. The van der Waals surface area contributed by atoms with Crippen molar-refractivity contribution >= 4 is 34.6 Å². The number of carbonyl (C=O) groups is 1. The Hall–Kier alpha value is -2.81. The van der Waals surface area contributed by atoms with Crippen LogP contribution in [0.25, 0.3) is 11.1 Å². The number of aromatic nitrogens is 2. The van der Waals surface area contributed by atoms with E-state index in [1.165, 1.54) is 6.07 Å². The third-order valence-electron chi connectivity index (χ3n) is 5.20. The minimum atomic E-state index is -4.60. The van der Waals surface area contributed by atoms with Crippen molar-refractivity contribution < 1.29 is 22.4 Å². The molecule has 6 nitrogen and oxygen atoms in total. The minimum absolute atomic E-state index is 0.0724. The summed E-state index contributed by atoms with van der Waals surface area (Å²) in [6.45, 7) is 3.02. The summed E-state index contributed by atoms with van der Waals surface area (Å²) in [4.78, 5) is 22.3. The van der Waals surface area contributed by atoms with E-state index in [0.717, 1.165) is 12.3 Å². The van der Waals surface area contributed by atoms with Gasteiger partial charge in [0.25, 0.3) is 11.9 Å². The van der Waals surface area contributed by atoms with Gasteiger partial charge in [-0.15, -0.1) is 0 Å². The molecule has 3 heterocycles. The zero-order valence-corrected chi connectivity index (χ0v) is 16.7. The molecule has 0 spiro atoms. The number of rotatable bonds is 3. The third-order valence-corrected chi connectivity index (χ3v) is 5.44. The molecule has 0 bridgehead atoms. The number of carbonyl (C=O) groups excluding carboxylic acids is 1. The lowest BCUT2D eigenvalue weighted by Crippen LogP contribution is -2.53. The van der Waals surface area contributed by atoms with Crippen LogP contribution in [0.15, 0.2) is 40.9 Å². The van der Waals surface area contributed by atoms with Gasteiger partial charge in [0.1, 0.15) is 11.2 Å². The van der Waals surface area contributed by atoms with Crippen LogP contribution in [0.4, 0.5) is 19.2 Å². The van der Waals surface area contributed by atoms with Crippen molar-refractivity contribution in [1.82, 2.24) is 15.3 Å². The first kappa shape index (κ1) is 20.5. The lowest BCUT2D eigenvalue weighted by Gasteiger charge is -2.39. The molecule has 0 aliphatic carbocycles. The zero-order valence-electron chi connectivity index (χ0n) is 16.0. The number of nitrogens with zero attached hydrogens (tertiary/aromatic N) is 3. The Bertz CT molecular complexity index is 1090. The zero-order chi connectivity index (χ0) is 21.5. The highest BCUT2D eigenvalue weighted by atomic mass is 35.5. The van der Waals surface area contributed by atoms with E-state index in [9.17, 15) is 18.0 Å². The third kappa shape index (κ3) is 4.21. The number of halogens is 4. The smallest absolute Gasteiger partial charge is 0.423 e. The molecule has 3 aromatic rings. The molecule has 0 atom stereocenters. The Morgan fingerprint density at radius 2 is 1.97 bits per heavy atom. The highest BCUT2D eigenvalue weighted by molar-refractivity contribution is 6.31. The van der Waals surface area contributed by atoms with Gasteiger partial charge in [-0.05, 0) is 50.1 Å². The van der Waals surface area contributed by atoms with E-state index in [2.05, 4.69) is 15.3 Å². The summed E-state index contributed by atoms with van der Waals surface area (Å²) in [7, 11) is 0. The van der Waals surface area contributed by atoms with Crippen molar-refractivity contribution in [2.24, 2.45) is 0 Å². The summed E-state index contributed by atoms with van der Waals surface area (Å²) in [6.07, 6.45) is -2.46. The first-order valence-corrected chi connectivity index (χ1v) is 9.68. The lowest BCUT2D eigenvalue weighted by atomic mass is 9.89. The minimum Gasteiger partial charge on any atom is -0.423 e. The Kier molecular flexibility index (Phi) is 5.09. The number of amides is 1. The number of anilines is 1. The van der Waals surface area contributed by atoms with Crippen molar-refractivity contribution in [3.05, 3.63) is 52.8 Å². The molecule has 0 unspecified atom stereocenters. The van der Waals surface area contributed by atoms with Gasteiger partial charge in [0.15, 0.2) is 5.58 Å². The number of oxazole rings is 1. The van der Waals surface area contributed by atoms with Gasteiger partial charge in [0.05, 0.1) is 0 Å². The van der Waals surface area contributed by atoms with Crippen LogP contribution in [-0.2, 0) is 6.18 Å². The van der Waals surface area contributed by atoms with Crippen LogP contribution < -0.4 is 10.2 Å². The van der Waals surface area contributed by atoms with Crippen LogP contribution in [0.5, 0.6) is 0 Å². The summed E-state index contributed by atoms with van der Waals surface area (Å²) < 4.78 is 44.3. The van der Waals surface area contributed by atoms with E-state index in [1.54, 1.807) is 18.2 Å². The van der Waals surface area contributed by atoms with E-state index >= 15 is 0 Å². The Labute approximate surface area is 175 Å². The maximum absolute atomic E-state index is 12.8. The molecule has 1 N–H and O–H groups in total. The van der Waals surface area contributed by atoms with Crippen molar-refractivity contribution in [2.45, 2.75) is 31.5 Å². The Balaban J connectivity index is 1.42. The van der Waals surface area contributed by atoms with Crippen LogP contribution in [-0.4, -0.2) is 34.5 Å². The van der Waals surface area contributed by atoms with Crippen molar-refractivity contribution in [3.8, 4) is 0 Å². The van der Waals surface area contributed by atoms with E-state index in [1.807, 2.05) is 11.8 Å². The van der Waals surface area contributed by atoms with Crippen LogP contribution in [0.1, 0.15) is 35.8 Å². The first-order valence-electron chi connectivity index (χ1n) is 9.30. The molecular weight excluding hydrogens is 421 g/mol. The average molecular weight is 439 g/mol. The second kappa shape index (κ2) is 7.46. The number of benzene rings is 1. The summed E-state index contributed by atoms with van der Waals surface area (Å²) in [5.74, 6) is -0.560. The molecule has 4 rings (SSSR count). The predicted octanol–water partition coefficient (Wildman–Crippen LogP) is 4.68. The largest absolute Gasteiger partial charge is 0.433 e. The fourth-order valence-corrected chi connectivity index (χ4v) is 3.58. The maximum Gasteiger partial charge on any atom is 0.433 e. The first-order chi connectivity index (χ1) is 14.1. The topological polar surface area (TPSA) is 71.3 Å². The molecule has 10 heteroatoms. The number of alkyl halides is 3. The van der Waals surface area contributed by atoms with E-state index in [0.29, 0.717) is 48.1 Å². The fraction of sp³-hybridized carbons (Fsp3) is 0.350. The van der Waals surface area contributed by atoms with Gasteiger partial charge in [0.2, 0.25) is 0 Å². The molecule has 0 saturated carbocycles. The molecule has 2 aromatic heterocycles. The van der Waals surface area contributed by atoms with E-state index in [-0.39, 0.29) is 5.56 Å².